The summed E-state index contributed by atoms with van der Waals surface area (Å²) in [5, 5.41) is 9.89. The quantitative estimate of drug-likeness (QED) is 0.149. The number of nitrogens with one attached hydrogen (secondary N) is 1. The average molecular weight is 167 g/mol. The first-order valence-electron chi connectivity index (χ1n) is 1.98. The molecule has 0 aromatic rings. The molecule has 0 spiro atoms. The predicted molar refractivity (Wildman–Crippen MR) is 36.9 cm³/mol. The van der Waals surface area contributed by atoms with Crippen LogP contribution in [0, 0.1) is 5.53 Å². The third-order valence-electron chi connectivity index (χ3n) is 0.124. The second-order valence-corrected chi connectivity index (χ2v) is 2.88. The second kappa shape index (κ2) is 6.11. The van der Waals surface area contributed by atoms with Crippen LogP contribution in [0.2, 0.25) is 0 Å². The van der Waals surface area contributed by atoms with Crippen molar-refractivity contribution in [3.05, 3.63) is 0 Å². The molecule has 0 aromatic carbocycles. The molecule has 0 saturated heterocycles. The molecule has 10 heavy (non-hydrogen) atoms. The van der Waals surface area contributed by atoms with Gasteiger partial charge in [0.2, 0.25) is 10.0 Å². The van der Waals surface area contributed by atoms with Gasteiger partial charge in [-0.2, -0.15) is 5.10 Å². The first-order chi connectivity index (χ1) is 4.41. The molecule has 0 saturated carbocycles. The van der Waals surface area contributed by atoms with Crippen molar-refractivity contribution in [3.8, 4) is 0 Å². The lowest BCUT2D eigenvalue weighted by Crippen LogP contribution is -2.07. The second-order valence-electron chi connectivity index (χ2n) is 1.22. The summed E-state index contributed by atoms with van der Waals surface area (Å²) in [5.74, 6) is 4.49. The van der Waals surface area contributed by atoms with E-state index in [0.717, 1.165) is 12.6 Å². The highest BCUT2D eigenvalue weighted by Crippen LogP contribution is 1.52. The maximum atomic E-state index is 9.41. The SMILES string of the molecule is CS(N)(=O)=O.N=NC=NN. The van der Waals surface area contributed by atoms with E-state index in [-0.39, 0.29) is 0 Å². The normalized spacial score (nSPS) is 10.2. The Kier molecular flexibility index (Phi) is 7.17. The third-order valence-corrected chi connectivity index (χ3v) is 0.124. The standard InChI is InChI=1S/CH4N4.CH5NO2S/c2-4-1-5-3;1-5(2,3)4/h1-2H,3H2;1H3,(H2,2,3,4). The molecule has 0 aromatic heterocycles. The molecule has 7 nitrogen and oxygen atoms in total. The van der Waals surface area contributed by atoms with Gasteiger partial charge >= 0.3 is 0 Å². The van der Waals surface area contributed by atoms with Crippen LogP contribution in [0.25, 0.3) is 0 Å². The van der Waals surface area contributed by atoms with Crippen LogP contribution in [0.15, 0.2) is 10.2 Å². The number of nitrogens with zero attached hydrogens (tertiary/aromatic N) is 2. The fourth-order valence-corrected chi connectivity index (χ4v) is 0.0333. The van der Waals surface area contributed by atoms with E-state index in [1.54, 1.807) is 0 Å². The Balaban J connectivity index is 0. The molecule has 8 heteroatoms. The van der Waals surface area contributed by atoms with E-state index in [1.165, 1.54) is 0 Å². The highest BCUT2D eigenvalue weighted by molar-refractivity contribution is 7.88. The lowest BCUT2D eigenvalue weighted by molar-refractivity contribution is 0.603. The molecule has 0 radical (unpaired) electrons. The Labute approximate surface area is 58.7 Å². The van der Waals surface area contributed by atoms with Crippen molar-refractivity contribution >= 4 is 16.4 Å². The number of hydrogen-bond acceptors (Lipinski definition) is 5. The summed E-state index contributed by atoms with van der Waals surface area (Å²) in [5.41, 5.74) is 6.00. The number of primary sulfonamides is 1. The summed E-state index contributed by atoms with van der Waals surface area (Å²) in [6.07, 6.45) is 1.88. The minimum absolute atomic E-state index is 0.938. The van der Waals surface area contributed by atoms with Crippen molar-refractivity contribution < 1.29 is 8.42 Å². The Morgan fingerprint density at radius 1 is 1.60 bits per heavy atom. The Morgan fingerprint density at radius 3 is 1.90 bits per heavy atom. The van der Waals surface area contributed by atoms with Gasteiger partial charge in [-0.3, -0.25) is 0 Å². The monoisotopic (exact) mass is 167 g/mol. The van der Waals surface area contributed by atoms with Crippen LogP contribution in [0.3, 0.4) is 0 Å². The summed E-state index contributed by atoms with van der Waals surface area (Å²) in [6, 6.07) is 0. The van der Waals surface area contributed by atoms with Gasteiger partial charge in [0.25, 0.3) is 0 Å². The van der Waals surface area contributed by atoms with Crippen molar-refractivity contribution in [2.24, 2.45) is 21.2 Å². The molecular weight excluding hydrogens is 158 g/mol. The van der Waals surface area contributed by atoms with E-state index >= 15 is 0 Å². The lowest BCUT2D eigenvalue weighted by Gasteiger charge is -1.71. The van der Waals surface area contributed by atoms with Crippen molar-refractivity contribution in [1.29, 1.82) is 5.53 Å². The maximum absolute atomic E-state index is 9.41. The van der Waals surface area contributed by atoms with Crippen LogP contribution >= 0.6 is 0 Å². The molecule has 0 atom stereocenters. The van der Waals surface area contributed by atoms with Crippen LogP contribution < -0.4 is 11.0 Å². The first-order valence-corrected chi connectivity index (χ1v) is 3.93. The molecule has 0 bridgehead atoms. The van der Waals surface area contributed by atoms with Gasteiger partial charge in [-0.15, -0.1) is 5.11 Å². The van der Waals surface area contributed by atoms with E-state index in [0.29, 0.717) is 0 Å². The summed E-state index contributed by atoms with van der Waals surface area (Å²) in [4.78, 5) is 0. The van der Waals surface area contributed by atoms with Gasteiger partial charge in [0.1, 0.15) is 0 Å². The smallest absolute Gasteiger partial charge is 0.206 e. The lowest BCUT2D eigenvalue weighted by atomic mass is 11.4. The van der Waals surface area contributed by atoms with E-state index in [1.807, 2.05) is 0 Å². The van der Waals surface area contributed by atoms with Crippen molar-refractivity contribution in [2.75, 3.05) is 6.26 Å². The fraction of sp³-hybridized carbons (Fsp3) is 0.500. The molecule has 60 valence electrons. The summed E-state index contributed by atoms with van der Waals surface area (Å²) < 4.78 is 18.8. The number of rotatable bonds is 1. The van der Waals surface area contributed by atoms with Crippen molar-refractivity contribution in [1.82, 2.24) is 0 Å². The molecule has 0 unspecified atom stereocenters. The maximum Gasteiger partial charge on any atom is 0.206 e. The van der Waals surface area contributed by atoms with Crippen LogP contribution in [0.4, 0.5) is 0 Å². The molecule has 0 aliphatic rings. The topological polar surface area (TPSA) is 135 Å². The number of sulfonamides is 1. The van der Waals surface area contributed by atoms with E-state index in [2.05, 4.69) is 21.2 Å². The van der Waals surface area contributed by atoms with Crippen molar-refractivity contribution in [3.63, 3.8) is 0 Å². The molecule has 5 N–H and O–H groups in total. The summed E-state index contributed by atoms with van der Waals surface area (Å²) in [7, 11) is -3.17. The summed E-state index contributed by atoms with van der Waals surface area (Å²) >= 11 is 0. The zero-order valence-electron chi connectivity index (χ0n) is 5.35. The molecule has 0 fully saturated rings. The molecule has 0 amide bonds. The Morgan fingerprint density at radius 2 is 1.90 bits per heavy atom. The van der Waals surface area contributed by atoms with Gasteiger partial charge in [0.05, 0.1) is 6.26 Å². The van der Waals surface area contributed by atoms with Gasteiger partial charge in [-0.1, -0.05) is 0 Å². The van der Waals surface area contributed by atoms with Crippen molar-refractivity contribution in [2.45, 2.75) is 0 Å². The number of hydrazone groups is 1. The minimum Gasteiger partial charge on any atom is -0.322 e. The Bertz CT molecular complexity index is 186. The highest BCUT2D eigenvalue weighted by Gasteiger charge is 1.78. The van der Waals surface area contributed by atoms with Crippen LogP contribution in [0.1, 0.15) is 0 Å². The van der Waals surface area contributed by atoms with Gasteiger partial charge in [0.15, 0.2) is 6.34 Å². The minimum atomic E-state index is -3.17. The average Bonchev–Trinajstić information content (AvgIpc) is 1.63. The van der Waals surface area contributed by atoms with Crippen LogP contribution in [-0.4, -0.2) is 21.0 Å². The third kappa shape index (κ3) is 260. The zero-order chi connectivity index (χ0) is 8.62. The van der Waals surface area contributed by atoms with Gasteiger partial charge in [0, 0.05) is 0 Å². The Hall–Kier alpha value is -1.02. The number of nitrogens with two attached hydrogens (primary N) is 2. The largest absolute Gasteiger partial charge is 0.322 e. The molecule has 0 aliphatic heterocycles. The van der Waals surface area contributed by atoms with E-state index in [4.69, 9.17) is 5.53 Å². The zero-order valence-corrected chi connectivity index (χ0v) is 6.17. The number of hydrogen-bond donors (Lipinski definition) is 3. The molecule has 0 rings (SSSR count). The first kappa shape index (κ1) is 11.7. The summed E-state index contributed by atoms with van der Waals surface area (Å²) in [6.45, 7) is 0. The molecule has 0 heterocycles. The van der Waals surface area contributed by atoms with E-state index in [9.17, 15) is 8.42 Å². The van der Waals surface area contributed by atoms with Gasteiger partial charge in [-0.05, 0) is 0 Å². The van der Waals surface area contributed by atoms with Crippen LogP contribution in [-0.2, 0) is 10.0 Å². The molecule has 0 aliphatic carbocycles. The van der Waals surface area contributed by atoms with Gasteiger partial charge < -0.3 is 5.84 Å². The predicted octanol–water partition coefficient (Wildman–Crippen LogP) is -1.18. The van der Waals surface area contributed by atoms with E-state index < -0.39 is 10.0 Å². The molecular formula is C2H9N5O2S. The fourth-order valence-electron chi connectivity index (χ4n) is 0.0333. The van der Waals surface area contributed by atoms with Gasteiger partial charge in [-0.25, -0.2) is 19.1 Å². The highest BCUT2D eigenvalue weighted by atomic mass is 32.2. The van der Waals surface area contributed by atoms with Crippen LogP contribution in [0.5, 0.6) is 0 Å².